The Hall–Kier alpha value is -2.49. The van der Waals surface area contributed by atoms with Crippen molar-refractivity contribution in [1.29, 1.82) is 0 Å². The highest BCUT2D eigenvalue weighted by Gasteiger charge is 2.19. The Kier molecular flexibility index (Phi) is 4.71. The molecule has 0 unspecified atom stereocenters. The molecule has 1 aliphatic rings. The van der Waals surface area contributed by atoms with Gasteiger partial charge in [-0.15, -0.1) is 0 Å². The van der Waals surface area contributed by atoms with Gasteiger partial charge in [-0.05, 0) is 30.3 Å². The standard InChI is InChI=1S/C15H14ClN3O5S/c16-12-6-9(7-13-14(12)24-5-4-23-13)15(20)18-10-2-1-3-11(8-10)19-25(17,21)22/h1-3,6-8,19H,4-5H2,(H,18,20)(H2,17,21,22). The second-order valence-electron chi connectivity index (χ2n) is 5.16. The van der Waals surface area contributed by atoms with E-state index in [0.717, 1.165) is 0 Å². The molecule has 10 heteroatoms. The van der Waals surface area contributed by atoms with E-state index in [4.69, 9.17) is 26.2 Å². The lowest BCUT2D eigenvalue weighted by molar-refractivity contribution is 0.102. The maximum Gasteiger partial charge on any atom is 0.296 e. The maximum atomic E-state index is 12.4. The number of nitrogens with two attached hydrogens (primary N) is 1. The number of ether oxygens (including phenoxy) is 2. The van der Waals surface area contributed by atoms with Crippen molar-refractivity contribution < 1.29 is 22.7 Å². The van der Waals surface area contributed by atoms with Crippen molar-refractivity contribution >= 4 is 39.1 Å². The minimum atomic E-state index is -3.90. The summed E-state index contributed by atoms with van der Waals surface area (Å²) in [4.78, 5) is 12.4. The van der Waals surface area contributed by atoms with Gasteiger partial charge in [-0.3, -0.25) is 9.52 Å². The van der Waals surface area contributed by atoms with E-state index in [-0.39, 0.29) is 16.3 Å². The first-order valence-electron chi connectivity index (χ1n) is 7.13. The van der Waals surface area contributed by atoms with E-state index < -0.39 is 16.1 Å². The summed E-state index contributed by atoms with van der Waals surface area (Å²) in [6, 6.07) is 9.10. The maximum absolute atomic E-state index is 12.4. The largest absolute Gasteiger partial charge is 0.486 e. The number of anilines is 2. The average molecular weight is 384 g/mol. The van der Waals surface area contributed by atoms with Gasteiger partial charge in [0.25, 0.3) is 16.1 Å². The first-order valence-corrected chi connectivity index (χ1v) is 9.05. The van der Waals surface area contributed by atoms with Gasteiger partial charge in [0.2, 0.25) is 0 Å². The van der Waals surface area contributed by atoms with Crippen molar-refractivity contribution in [2.24, 2.45) is 5.14 Å². The molecule has 1 amide bonds. The number of rotatable bonds is 4. The average Bonchev–Trinajstić information content (AvgIpc) is 2.53. The monoisotopic (exact) mass is 383 g/mol. The lowest BCUT2D eigenvalue weighted by Gasteiger charge is -2.20. The molecule has 1 heterocycles. The zero-order valence-electron chi connectivity index (χ0n) is 12.8. The van der Waals surface area contributed by atoms with Gasteiger partial charge in [0.05, 0.1) is 10.7 Å². The van der Waals surface area contributed by atoms with E-state index in [1.54, 1.807) is 12.1 Å². The lowest BCUT2D eigenvalue weighted by atomic mass is 10.1. The van der Waals surface area contributed by atoms with Crippen LogP contribution in [0, 0.1) is 0 Å². The molecular weight excluding hydrogens is 370 g/mol. The predicted molar refractivity (Wildman–Crippen MR) is 93.6 cm³/mol. The van der Waals surface area contributed by atoms with Crippen LogP contribution in [0.25, 0.3) is 0 Å². The molecule has 0 fully saturated rings. The number of nitrogens with one attached hydrogen (secondary N) is 2. The zero-order valence-corrected chi connectivity index (χ0v) is 14.4. The fourth-order valence-corrected chi connectivity index (χ4v) is 2.99. The third-order valence-electron chi connectivity index (χ3n) is 3.24. The minimum absolute atomic E-state index is 0.223. The van der Waals surface area contributed by atoms with Gasteiger partial charge < -0.3 is 14.8 Å². The smallest absolute Gasteiger partial charge is 0.296 e. The first-order chi connectivity index (χ1) is 11.8. The summed E-state index contributed by atoms with van der Waals surface area (Å²) >= 11 is 6.12. The Morgan fingerprint density at radius 1 is 1.12 bits per heavy atom. The minimum Gasteiger partial charge on any atom is -0.486 e. The fourth-order valence-electron chi connectivity index (χ4n) is 2.27. The Morgan fingerprint density at radius 2 is 1.84 bits per heavy atom. The summed E-state index contributed by atoms with van der Waals surface area (Å²) in [5, 5.41) is 7.84. The second kappa shape index (κ2) is 6.79. The molecular formula is C15H14ClN3O5S. The van der Waals surface area contributed by atoms with Gasteiger partial charge in [0, 0.05) is 11.3 Å². The van der Waals surface area contributed by atoms with Gasteiger partial charge in [-0.25, -0.2) is 5.14 Å². The number of hydrogen-bond acceptors (Lipinski definition) is 5. The molecule has 2 aromatic rings. The molecule has 0 atom stereocenters. The van der Waals surface area contributed by atoms with Crippen molar-refractivity contribution in [3.8, 4) is 11.5 Å². The Bertz CT molecular complexity index is 933. The summed E-state index contributed by atoms with van der Waals surface area (Å²) in [6.07, 6.45) is 0. The van der Waals surface area contributed by atoms with Crippen molar-refractivity contribution in [2.45, 2.75) is 0 Å². The highest BCUT2D eigenvalue weighted by atomic mass is 35.5. The normalized spacial score (nSPS) is 13.2. The van der Waals surface area contributed by atoms with Crippen molar-refractivity contribution in [3.63, 3.8) is 0 Å². The molecule has 2 aromatic carbocycles. The number of hydrogen-bond donors (Lipinski definition) is 3. The van der Waals surface area contributed by atoms with Crippen LogP contribution in [0.2, 0.25) is 5.02 Å². The molecule has 4 N–H and O–H groups in total. The van der Waals surface area contributed by atoms with Crippen LogP contribution in [-0.4, -0.2) is 27.5 Å². The fraction of sp³-hybridized carbons (Fsp3) is 0.133. The number of benzene rings is 2. The Morgan fingerprint density at radius 3 is 2.60 bits per heavy atom. The SMILES string of the molecule is NS(=O)(=O)Nc1cccc(NC(=O)c2cc(Cl)c3c(c2)OCCO3)c1. The lowest BCUT2D eigenvalue weighted by Crippen LogP contribution is -2.21. The topological polar surface area (TPSA) is 120 Å². The molecule has 0 bridgehead atoms. The summed E-state index contributed by atoms with van der Waals surface area (Å²) in [5.74, 6) is 0.365. The van der Waals surface area contributed by atoms with E-state index in [0.29, 0.717) is 30.4 Å². The molecule has 0 spiro atoms. The Labute approximate surface area is 149 Å². The summed E-state index contributed by atoms with van der Waals surface area (Å²) in [6.45, 7) is 0.762. The molecule has 0 saturated carbocycles. The van der Waals surface area contributed by atoms with Gasteiger partial charge >= 0.3 is 0 Å². The Balaban J connectivity index is 1.81. The van der Waals surface area contributed by atoms with Crippen LogP contribution in [-0.2, 0) is 10.2 Å². The van der Waals surface area contributed by atoms with Crippen LogP contribution in [0.15, 0.2) is 36.4 Å². The number of fused-ring (bicyclic) bond motifs is 1. The number of halogens is 1. The van der Waals surface area contributed by atoms with Crippen LogP contribution in [0.4, 0.5) is 11.4 Å². The molecule has 8 nitrogen and oxygen atoms in total. The molecule has 0 saturated heterocycles. The molecule has 132 valence electrons. The van der Waals surface area contributed by atoms with E-state index in [1.807, 2.05) is 0 Å². The van der Waals surface area contributed by atoms with E-state index in [1.165, 1.54) is 24.3 Å². The van der Waals surface area contributed by atoms with Gasteiger partial charge in [0.15, 0.2) is 11.5 Å². The highest BCUT2D eigenvalue weighted by Crippen LogP contribution is 2.38. The third-order valence-corrected chi connectivity index (χ3v) is 4.04. The zero-order chi connectivity index (χ0) is 18.0. The van der Waals surface area contributed by atoms with Crippen molar-refractivity contribution in [2.75, 3.05) is 23.3 Å². The number of carbonyl (C=O) groups excluding carboxylic acids is 1. The first kappa shape index (κ1) is 17.3. The van der Waals surface area contributed by atoms with E-state index in [9.17, 15) is 13.2 Å². The van der Waals surface area contributed by atoms with Gasteiger partial charge in [0.1, 0.15) is 13.2 Å². The molecule has 0 radical (unpaired) electrons. The van der Waals surface area contributed by atoms with Crippen molar-refractivity contribution in [3.05, 3.63) is 47.0 Å². The summed E-state index contributed by atoms with van der Waals surface area (Å²) < 4.78 is 35.1. The molecule has 0 aliphatic carbocycles. The molecule has 25 heavy (non-hydrogen) atoms. The second-order valence-corrected chi connectivity index (χ2v) is 6.87. The molecule has 3 rings (SSSR count). The van der Waals surface area contributed by atoms with Crippen LogP contribution < -0.4 is 24.7 Å². The van der Waals surface area contributed by atoms with E-state index in [2.05, 4.69) is 10.0 Å². The quantitative estimate of drug-likeness (QED) is 0.745. The summed E-state index contributed by atoms with van der Waals surface area (Å²) in [5.41, 5.74) is 0.879. The van der Waals surface area contributed by atoms with Gasteiger partial charge in [-0.1, -0.05) is 17.7 Å². The number of carbonyl (C=O) groups is 1. The van der Waals surface area contributed by atoms with E-state index >= 15 is 0 Å². The van der Waals surface area contributed by atoms with Crippen LogP contribution in [0.3, 0.4) is 0 Å². The van der Waals surface area contributed by atoms with Crippen LogP contribution in [0.1, 0.15) is 10.4 Å². The third kappa shape index (κ3) is 4.32. The van der Waals surface area contributed by atoms with Crippen LogP contribution in [0.5, 0.6) is 11.5 Å². The highest BCUT2D eigenvalue weighted by molar-refractivity contribution is 7.90. The molecule has 0 aromatic heterocycles. The number of amides is 1. The van der Waals surface area contributed by atoms with Gasteiger partial charge in [-0.2, -0.15) is 8.42 Å². The van der Waals surface area contributed by atoms with Crippen molar-refractivity contribution in [1.82, 2.24) is 0 Å². The predicted octanol–water partition coefficient (Wildman–Crippen LogP) is 1.98. The summed E-state index contributed by atoms with van der Waals surface area (Å²) in [7, 11) is -3.90. The molecule has 1 aliphatic heterocycles. The van der Waals surface area contributed by atoms with Crippen LogP contribution >= 0.6 is 11.6 Å².